The molecule has 166 valence electrons. The molecule has 1 unspecified atom stereocenters. The molecule has 2 saturated heterocycles. The van der Waals surface area contributed by atoms with Crippen LogP contribution < -0.4 is 5.32 Å². The summed E-state index contributed by atoms with van der Waals surface area (Å²) >= 11 is 0. The molecule has 2 aliphatic heterocycles. The molecule has 1 N–H and O–H groups in total. The van der Waals surface area contributed by atoms with Crippen LogP contribution in [-0.2, 0) is 0 Å². The number of nitrogens with zero attached hydrogens (tertiary/aromatic N) is 2. The van der Waals surface area contributed by atoms with Crippen LogP contribution in [-0.4, -0.2) is 61.7 Å². The van der Waals surface area contributed by atoms with Crippen LogP contribution in [0, 0.1) is 11.3 Å². The van der Waals surface area contributed by atoms with E-state index in [0.717, 1.165) is 5.92 Å². The van der Waals surface area contributed by atoms with Crippen molar-refractivity contribution in [3.8, 4) is 0 Å². The molecule has 3 heteroatoms. The van der Waals surface area contributed by atoms with Crippen LogP contribution in [0.3, 0.4) is 0 Å². The first kappa shape index (κ1) is 24.2. The van der Waals surface area contributed by atoms with Crippen molar-refractivity contribution < 1.29 is 0 Å². The molecule has 1 spiro atoms. The predicted molar refractivity (Wildman–Crippen MR) is 124 cm³/mol. The van der Waals surface area contributed by atoms with E-state index in [-0.39, 0.29) is 0 Å². The van der Waals surface area contributed by atoms with E-state index >= 15 is 0 Å². The zero-order valence-electron chi connectivity index (χ0n) is 19.8. The van der Waals surface area contributed by atoms with Crippen molar-refractivity contribution in [3.63, 3.8) is 0 Å². The van der Waals surface area contributed by atoms with E-state index in [2.05, 4.69) is 42.8 Å². The highest BCUT2D eigenvalue weighted by molar-refractivity contribution is 4.98. The van der Waals surface area contributed by atoms with Gasteiger partial charge < -0.3 is 15.1 Å². The third-order valence-electron chi connectivity index (χ3n) is 7.36. The Hall–Kier alpha value is -0.120. The molecule has 2 fully saturated rings. The molecule has 2 heterocycles. The molecule has 0 aromatic carbocycles. The van der Waals surface area contributed by atoms with Gasteiger partial charge in [-0.05, 0) is 63.5 Å². The fraction of sp³-hybridized carbons (Fsp3) is 1.00. The SMILES string of the molecule is CCCCCCC(C)NCCN1CC2(CCN(CC(CCC)CCC)CC2)C1. The molecule has 3 nitrogen and oxygen atoms in total. The summed E-state index contributed by atoms with van der Waals surface area (Å²) in [6, 6.07) is 0.689. The van der Waals surface area contributed by atoms with Crippen LogP contribution in [0.2, 0.25) is 0 Å². The lowest BCUT2D eigenvalue weighted by Crippen LogP contribution is -2.61. The van der Waals surface area contributed by atoms with Gasteiger partial charge >= 0.3 is 0 Å². The largest absolute Gasteiger partial charge is 0.313 e. The third-order valence-corrected chi connectivity index (χ3v) is 7.36. The Morgan fingerprint density at radius 2 is 1.50 bits per heavy atom. The number of piperidine rings is 1. The Bertz CT molecular complexity index is 375. The molecule has 28 heavy (non-hydrogen) atoms. The van der Waals surface area contributed by atoms with Crippen LogP contribution in [0.15, 0.2) is 0 Å². The van der Waals surface area contributed by atoms with Crippen LogP contribution in [0.4, 0.5) is 0 Å². The number of nitrogens with one attached hydrogen (secondary N) is 1. The van der Waals surface area contributed by atoms with Gasteiger partial charge in [0.05, 0.1) is 0 Å². The average molecular weight is 394 g/mol. The van der Waals surface area contributed by atoms with Crippen molar-refractivity contribution in [2.24, 2.45) is 11.3 Å². The maximum Gasteiger partial charge on any atom is 0.0107 e. The number of unbranched alkanes of at least 4 members (excludes halogenated alkanes) is 3. The molecular formula is C25H51N3. The van der Waals surface area contributed by atoms with E-state index in [1.165, 1.54) is 116 Å². The molecular weight excluding hydrogens is 342 g/mol. The van der Waals surface area contributed by atoms with Gasteiger partial charge in [0.1, 0.15) is 0 Å². The number of likely N-dealkylation sites (tertiary alicyclic amines) is 2. The Morgan fingerprint density at radius 1 is 0.821 bits per heavy atom. The molecule has 0 radical (unpaired) electrons. The molecule has 0 aliphatic carbocycles. The quantitative estimate of drug-likeness (QED) is 0.368. The summed E-state index contributed by atoms with van der Waals surface area (Å²) in [4.78, 5) is 5.48. The predicted octanol–water partition coefficient (Wildman–Crippen LogP) is 5.55. The molecule has 0 aromatic heterocycles. The van der Waals surface area contributed by atoms with Crippen molar-refractivity contribution in [2.75, 3.05) is 45.8 Å². The van der Waals surface area contributed by atoms with Crippen LogP contribution >= 0.6 is 0 Å². The maximum absolute atomic E-state index is 3.75. The smallest absolute Gasteiger partial charge is 0.0107 e. The van der Waals surface area contributed by atoms with Crippen molar-refractivity contribution in [2.45, 2.75) is 104 Å². The highest BCUT2D eigenvalue weighted by Gasteiger charge is 2.44. The average Bonchev–Trinajstić information content (AvgIpc) is 2.66. The zero-order valence-corrected chi connectivity index (χ0v) is 19.8. The summed E-state index contributed by atoms with van der Waals surface area (Å²) in [5.74, 6) is 0.942. The van der Waals surface area contributed by atoms with E-state index in [1.54, 1.807) is 0 Å². The zero-order chi connectivity index (χ0) is 20.2. The minimum atomic E-state index is 0.674. The Kier molecular flexibility index (Phi) is 11.4. The first-order valence-corrected chi connectivity index (χ1v) is 12.8. The third kappa shape index (κ3) is 8.32. The highest BCUT2D eigenvalue weighted by Crippen LogP contribution is 2.40. The lowest BCUT2D eigenvalue weighted by molar-refractivity contribution is -0.0480. The van der Waals surface area contributed by atoms with Crippen molar-refractivity contribution in [1.29, 1.82) is 0 Å². The van der Waals surface area contributed by atoms with Crippen LogP contribution in [0.1, 0.15) is 98.3 Å². The molecule has 0 saturated carbocycles. The van der Waals surface area contributed by atoms with E-state index in [0.29, 0.717) is 11.5 Å². The number of rotatable bonds is 15. The lowest BCUT2D eigenvalue weighted by Gasteiger charge is -2.54. The summed E-state index contributed by atoms with van der Waals surface area (Å²) < 4.78 is 0. The topological polar surface area (TPSA) is 18.5 Å². The van der Waals surface area contributed by atoms with Gasteiger partial charge in [-0.25, -0.2) is 0 Å². The summed E-state index contributed by atoms with van der Waals surface area (Å²) in [5, 5.41) is 3.75. The monoisotopic (exact) mass is 393 g/mol. The van der Waals surface area contributed by atoms with Gasteiger partial charge in [-0.3, -0.25) is 0 Å². The van der Waals surface area contributed by atoms with Gasteiger partial charge in [-0.1, -0.05) is 59.3 Å². The summed E-state index contributed by atoms with van der Waals surface area (Å²) in [6.07, 6.45) is 15.3. The molecule has 2 aliphatic rings. The Labute approximate surface area is 177 Å². The second-order valence-electron chi connectivity index (χ2n) is 10.2. The summed E-state index contributed by atoms with van der Waals surface area (Å²) in [6.45, 7) is 18.6. The number of hydrogen-bond acceptors (Lipinski definition) is 3. The van der Waals surface area contributed by atoms with E-state index in [9.17, 15) is 0 Å². The van der Waals surface area contributed by atoms with E-state index < -0.39 is 0 Å². The standard InChI is InChI=1S/C25H51N3/c1-5-8-9-10-13-23(4)26-16-19-28-21-25(22-28)14-17-27(18-15-25)20-24(11-6-2)12-7-3/h23-24,26H,5-22H2,1-4H3. The molecule has 0 amide bonds. The first-order chi connectivity index (χ1) is 13.6. The molecule has 0 bridgehead atoms. The first-order valence-electron chi connectivity index (χ1n) is 12.8. The normalized spacial score (nSPS) is 21.3. The van der Waals surface area contributed by atoms with E-state index in [1.807, 2.05) is 0 Å². The molecule has 0 aromatic rings. The van der Waals surface area contributed by atoms with Gasteiger partial charge in [0.25, 0.3) is 0 Å². The minimum Gasteiger partial charge on any atom is -0.313 e. The van der Waals surface area contributed by atoms with Crippen molar-refractivity contribution >= 4 is 0 Å². The van der Waals surface area contributed by atoms with Crippen LogP contribution in [0.25, 0.3) is 0 Å². The summed E-state index contributed by atoms with van der Waals surface area (Å²) in [7, 11) is 0. The van der Waals surface area contributed by atoms with Gasteiger partial charge in [-0.15, -0.1) is 0 Å². The second-order valence-corrected chi connectivity index (χ2v) is 10.2. The molecule has 2 rings (SSSR count). The summed E-state index contributed by atoms with van der Waals surface area (Å²) in [5.41, 5.74) is 0.674. The maximum atomic E-state index is 3.75. The van der Waals surface area contributed by atoms with Crippen molar-refractivity contribution in [3.05, 3.63) is 0 Å². The Morgan fingerprint density at radius 3 is 2.11 bits per heavy atom. The minimum absolute atomic E-state index is 0.674. The van der Waals surface area contributed by atoms with Crippen LogP contribution in [0.5, 0.6) is 0 Å². The fourth-order valence-electron chi connectivity index (χ4n) is 5.54. The highest BCUT2D eigenvalue weighted by atomic mass is 15.2. The lowest BCUT2D eigenvalue weighted by atomic mass is 9.72. The van der Waals surface area contributed by atoms with E-state index in [4.69, 9.17) is 0 Å². The van der Waals surface area contributed by atoms with Gasteiger partial charge in [0.2, 0.25) is 0 Å². The van der Waals surface area contributed by atoms with Crippen molar-refractivity contribution in [1.82, 2.24) is 15.1 Å². The fourth-order valence-corrected chi connectivity index (χ4v) is 5.54. The second kappa shape index (κ2) is 13.2. The molecule has 1 atom stereocenters. The van der Waals surface area contributed by atoms with Gasteiger partial charge in [0.15, 0.2) is 0 Å². The van der Waals surface area contributed by atoms with Gasteiger partial charge in [0, 0.05) is 38.8 Å². The Balaban J connectivity index is 1.53. The number of hydrogen-bond donors (Lipinski definition) is 1. The van der Waals surface area contributed by atoms with Gasteiger partial charge in [-0.2, -0.15) is 0 Å².